The molecule has 0 amide bonds. The monoisotopic (exact) mass is 311 g/mol. The van der Waals surface area contributed by atoms with Crippen molar-refractivity contribution >= 4 is 18.4 Å². The number of anilines is 1. The molecule has 1 aromatic rings. The van der Waals surface area contributed by atoms with Gasteiger partial charge in [-0.2, -0.15) is 0 Å². The van der Waals surface area contributed by atoms with Gasteiger partial charge in [-0.25, -0.2) is 9.97 Å². The van der Waals surface area contributed by atoms with Gasteiger partial charge in [0.1, 0.15) is 0 Å². The van der Waals surface area contributed by atoms with Crippen molar-refractivity contribution in [1.82, 2.24) is 20.2 Å². The van der Waals surface area contributed by atoms with E-state index in [1.54, 1.807) is 0 Å². The minimum Gasteiger partial charge on any atom is -0.338 e. The summed E-state index contributed by atoms with van der Waals surface area (Å²) in [6.07, 6.45) is 7.75. The molecule has 2 aliphatic heterocycles. The molecule has 1 N–H and O–H groups in total. The van der Waals surface area contributed by atoms with Gasteiger partial charge >= 0.3 is 0 Å². The van der Waals surface area contributed by atoms with Gasteiger partial charge in [-0.05, 0) is 50.9 Å². The molecule has 0 aromatic carbocycles. The van der Waals surface area contributed by atoms with Crippen molar-refractivity contribution < 1.29 is 0 Å². The summed E-state index contributed by atoms with van der Waals surface area (Å²) in [4.78, 5) is 13.6. The Morgan fingerprint density at radius 2 is 1.90 bits per heavy atom. The maximum absolute atomic E-state index is 4.33. The summed E-state index contributed by atoms with van der Waals surface area (Å²) in [6, 6.07) is 1.87. The predicted octanol–water partition coefficient (Wildman–Crippen LogP) is 1.41. The molecule has 3 rings (SSSR count). The average Bonchev–Trinajstić information content (AvgIpc) is 2.55. The lowest BCUT2D eigenvalue weighted by Gasteiger charge is -2.35. The first-order chi connectivity index (χ1) is 9.92. The molecule has 0 bridgehead atoms. The van der Waals surface area contributed by atoms with Gasteiger partial charge in [-0.1, -0.05) is 0 Å². The molecule has 6 heteroatoms. The van der Waals surface area contributed by atoms with Crippen LogP contribution >= 0.6 is 12.4 Å². The summed E-state index contributed by atoms with van der Waals surface area (Å²) in [5.41, 5.74) is 0. The van der Waals surface area contributed by atoms with Crippen LogP contribution in [0, 0.1) is 5.92 Å². The van der Waals surface area contributed by atoms with E-state index in [0.29, 0.717) is 0 Å². The highest BCUT2D eigenvalue weighted by atomic mass is 35.5. The summed E-state index contributed by atoms with van der Waals surface area (Å²) in [5.74, 6) is 1.77. The van der Waals surface area contributed by atoms with Crippen molar-refractivity contribution in [2.45, 2.75) is 19.3 Å². The number of rotatable bonds is 4. The van der Waals surface area contributed by atoms with Crippen LogP contribution in [0.1, 0.15) is 19.3 Å². The Morgan fingerprint density at radius 3 is 2.57 bits per heavy atom. The van der Waals surface area contributed by atoms with Crippen LogP contribution in [-0.4, -0.2) is 60.7 Å². The van der Waals surface area contributed by atoms with Gasteiger partial charge in [-0.15, -0.1) is 12.4 Å². The highest BCUT2D eigenvalue weighted by Gasteiger charge is 2.20. The van der Waals surface area contributed by atoms with Gasteiger partial charge in [0.05, 0.1) is 0 Å². The van der Waals surface area contributed by atoms with Crippen molar-refractivity contribution in [1.29, 1.82) is 0 Å². The zero-order valence-corrected chi connectivity index (χ0v) is 13.4. The zero-order valence-electron chi connectivity index (χ0n) is 12.6. The van der Waals surface area contributed by atoms with E-state index in [1.807, 2.05) is 18.5 Å². The zero-order chi connectivity index (χ0) is 13.6. The second-order valence-electron chi connectivity index (χ2n) is 5.88. The number of hydrogen-bond donors (Lipinski definition) is 1. The molecular formula is C15H26ClN5. The molecule has 1 aromatic heterocycles. The van der Waals surface area contributed by atoms with Crippen LogP contribution in [-0.2, 0) is 0 Å². The first-order valence-corrected chi connectivity index (χ1v) is 7.87. The molecule has 3 heterocycles. The minimum absolute atomic E-state index is 0. The molecule has 2 saturated heterocycles. The van der Waals surface area contributed by atoms with Crippen LogP contribution < -0.4 is 10.2 Å². The van der Waals surface area contributed by atoms with E-state index in [9.17, 15) is 0 Å². The highest BCUT2D eigenvalue weighted by molar-refractivity contribution is 5.85. The van der Waals surface area contributed by atoms with Crippen molar-refractivity contribution in [3.8, 4) is 0 Å². The predicted molar refractivity (Wildman–Crippen MR) is 88.1 cm³/mol. The van der Waals surface area contributed by atoms with E-state index in [0.717, 1.165) is 38.0 Å². The lowest BCUT2D eigenvalue weighted by molar-refractivity contribution is 0.225. The molecular weight excluding hydrogens is 286 g/mol. The van der Waals surface area contributed by atoms with Gasteiger partial charge in [0, 0.05) is 38.6 Å². The number of aromatic nitrogens is 2. The summed E-state index contributed by atoms with van der Waals surface area (Å²) in [5, 5.41) is 3.51. The number of piperazine rings is 1. The van der Waals surface area contributed by atoms with E-state index in [1.165, 1.54) is 38.9 Å². The number of piperidine rings is 1. The lowest BCUT2D eigenvalue weighted by atomic mass is 9.96. The summed E-state index contributed by atoms with van der Waals surface area (Å²) in [6.45, 7) is 8.05. The quantitative estimate of drug-likeness (QED) is 0.911. The van der Waals surface area contributed by atoms with E-state index >= 15 is 0 Å². The van der Waals surface area contributed by atoms with Crippen LogP contribution in [0.3, 0.4) is 0 Å². The van der Waals surface area contributed by atoms with E-state index in [2.05, 4.69) is 25.1 Å². The third-order valence-electron chi connectivity index (χ3n) is 4.46. The SMILES string of the molecule is Cl.c1cnc(N2CCN(CCC3CCCNC3)CC2)nc1. The Balaban J connectivity index is 0.00000161. The topological polar surface area (TPSA) is 44.3 Å². The highest BCUT2D eigenvalue weighted by Crippen LogP contribution is 2.16. The summed E-state index contributed by atoms with van der Waals surface area (Å²) in [7, 11) is 0. The molecule has 0 spiro atoms. The maximum atomic E-state index is 4.33. The third-order valence-corrected chi connectivity index (χ3v) is 4.46. The van der Waals surface area contributed by atoms with Crippen LogP contribution in [0.4, 0.5) is 5.95 Å². The van der Waals surface area contributed by atoms with Gasteiger partial charge in [0.2, 0.25) is 5.95 Å². The van der Waals surface area contributed by atoms with Crippen molar-refractivity contribution in [3.63, 3.8) is 0 Å². The molecule has 21 heavy (non-hydrogen) atoms. The fourth-order valence-electron chi connectivity index (χ4n) is 3.16. The van der Waals surface area contributed by atoms with Crippen molar-refractivity contribution in [2.24, 2.45) is 5.92 Å². The van der Waals surface area contributed by atoms with Crippen LogP contribution in [0.2, 0.25) is 0 Å². The van der Waals surface area contributed by atoms with Gasteiger partial charge < -0.3 is 10.2 Å². The molecule has 0 saturated carbocycles. The van der Waals surface area contributed by atoms with Crippen molar-refractivity contribution in [3.05, 3.63) is 18.5 Å². The number of halogens is 1. The molecule has 5 nitrogen and oxygen atoms in total. The van der Waals surface area contributed by atoms with Crippen molar-refractivity contribution in [2.75, 3.05) is 50.7 Å². The normalized spacial score (nSPS) is 23.6. The Bertz CT molecular complexity index is 388. The Hall–Kier alpha value is -0.910. The third kappa shape index (κ3) is 4.80. The molecule has 118 valence electrons. The molecule has 2 fully saturated rings. The number of hydrogen-bond acceptors (Lipinski definition) is 5. The molecule has 2 aliphatic rings. The fraction of sp³-hybridized carbons (Fsp3) is 0.733. The second-order valence-corrected chi connectivity index (χ2v) is 5.88. The average molecular weight is 312 g/mol. The molecule has 0 aliphatic carbocycles. The molecule has 1 unspecified atom stereocenters. The maximum Gasteiger partial charge on any atom is 0.225 e. The first-order valence-electron chi connectivity index (χ1n) is 7.87. The van der Waals surface area contributed by atoms with Gasteiger partial charge in [0.15, 0.2) is 0 Å². The minimum atomic E-state index is 0. The number of nitrogens with zero attached hydrogens (tertiary/aromatic N) is 4. The van der Waals surface area contributed by atoms with Crippen LogP contribution in [0.25, 0.3) is 0 Å². The lowest BCUT2D eigenvalue weighted by Crippen LogP contribution is -2.47. The van der Waals surface area contributed by atoms with Gasteiger partial charge in [-0.3, -0.25) is 4.90 Å². The Morgan fingerprint density at radius 1 is 1.14 bits per heavy atom. The molecule has 0 radical (unpaired) electrons. The van der Waals surface area contributed by atoms with Crippen LogP contribution in [0.5, 0.6) is 0 Å². The van der Waals surface area contributed by atoms with Gasteiger partial charge in [0.25, 0.3) is 0 Å². The standard InChI is InChI=1S/C15H25N5.ClH/c1-3-14(13-16-5-1)4-8-19-9-11-20(12-10-19)15-17-6-2-7-18-15;/h2,6-7,14,16H,1,3-5,8-13H2;1H. The fourth-order valence-corrected chi connectivity index (χ4v) is 3.16. The largest absolute Gasteiger partial charge is 0.338 e. The Kier molecular flexibility index (Phi) is 6.67. The smallest absolute Gasteiger partial charge is 0.225 e. The Labute approximate surface area is 133 Å². The van der Waals surface area contributed by atoms with E-state index in [4.69, 9.17) is 0 Å². The summed E-state index contributed by atoms with van der Waals surface area (Å²) < 4.78 is 0. The number of nitrogens with one attached hydrogen (secondary N) is 1. The summed E-state index contributed by atoms with van der Waals surface area (Å²) >= 11 is 0. The van der Waals surface area contributed by atoms with E-state index < -0.39 is 0 Å². The van der Waals surface area contributed by atoms with Crippen LogP contribution in [0.15, 0.2) is 18.5 Å². The first kappa shape index (κ1) is 16.5. The second kappa shape index (κ2) is 8.51. The molecule has 1 atom stereocenters. The van der Waals surface area contributed by atoms with E-state index in [-0.39, 0.29) is 12.4 Å².